The van der Waals surface area contributed by atoms with E-state index >= 15 is 0 Å². The number of fused-ring (bicyclic) bond motifs is 1. The summed E-state index contributed by atoms with van der Waals surface area (Å²) in [5.74, 6) is 0.396. The number of Topliss-reactive ketones (excluding diaryl/α,β-unsaturated/α-hetero) is 1. The quantitative estimate of drug-likeness (QED) is 0.293. The van der Waals surface area contributed by atoms with Crippen LogP contribution in [0.3, 0.4) is 0 Å². The summed E-state index contributed by atoms with van der Waals surface area (Å²) in [6, 6.07) is 9.55. The van der Waals surface area contributed by atoms with Crippen molar-refractivity contribution in [1.29, 1.82) is 0 Å². The number of nitrogens with one attached hydrogen (secondary N) is 1. The Morgan fingerprint density at radius 2 is 1.84 bits per heavy atom. The number of pyridine rings is 1. The first-order valence-corrected chi connectivity index (χ1v) is 13.0. The number of anilines is 2. The molecule has 0 saturated carbocycles. The molecule has 4 aromatic rings. The number of hydrogen-bond acceptors (Lipinski definition) is 7. The lowest BCUT2D eigenvalue weighted by Gasteiger charge is -2.17. The Hall–Kier alpha value is -3.98. The molecule has 0 aliphatic heterocycles. The van der Waals surface area contributed by atoms with E-state index in [0.29, 0.717) is 40.3 Å². The minimum atomic E-state index is -0.292. The molecule has 0 atom stereocenters. The largest absolute Gasteiger partial charge is 0.412 e. The highest BCUT2D eigenvalue weighted by Gasteiger charge is 2.18. The fourth-order valence-electron chi connectivity index (χ4n) is 4.89. The average Bonchev–Trinajstić information content (AvgIpc) is 3.26. The van der Waals surface area contributed by atoms with Crippen LogP contribution in [0.5, 0.6) is 0 Å². The summed E-state index contributed by atoms with van der Waals surface area (Å²) in [6.07, 6.45) is 4.81. The summed E-state index contributed by atoms with van der Waals surface area (Å²) in [7, 11) is 3.29. The van der Waals surface area contributed by atoms with E-state index in [-0.39, 0.29) is 11.3 Å². The van der Waals surface area contributed by atoms with Crippen molar-refractivity contribution in [3.8, 4) is 11.1 Å². The lowest BCUT2D eigenvalue weighted by atomic mass is 9.96. The summed E-state index contributed by atoms with van der Waals surface area (Å²) in [4.78, 5) is 43.0. The molecule has 1 N–H and O–H groups in total. The van der Waals surface area contributed by atoms with Crippen molar-refractivity contribution in [2.45, 2.75) is 40.5 Å². The van der Waals surface area contributed by atoms with Gasteiger partial charge in [-0.05, 0) is 68.7 Å². The SMILES string of the molecule is CCN(CC)CCCC(=O)c1cc(Nc2ncc3cc(-c4c(C)cccc4C)c(=O)n(OC)c3n2)cn1C. The second kappa shape index (κ2) is 11.6. The topological polar surface area (TPSA) is 94.3 Å². The highest BCUT2D eigenvalue weighted by molar-refractivity contribution is 5.96. The Bertz CT molecular complexity index is 1500. The van der Waals surface area contributed by atoms with E-state index in [1.807, 2.05) is 55.9 Å². The molecule has 0 spiro atoms. The maximum absolute atomic E-state index is 13.4. The predicted molar refractivity (Wildman–Crippen MR) is 151 cm³/mol. The average molecular weight is 517 g/mol. The van der Waals surface area contributed by atoms with Crippen LogP contribution >= 0.6 is 0 Å². The molecular weight excluding hydrogens is 480 g/mol. The Kier molecular flexibility index (Phi) is 8.26. The van der Waals surface area contributed by atoms with Crippen molar-refractivity contribution in [1.82, 2.24) is 24.2 Å². The van der Waals surface area contributed by atoms with Gasteiger partial charge in [-0.15, -0.1) is 4.73 Å². The van der Waals surface area contributed by atoms with Gasteiger partial charge in [-0.2, -0.15) is 4.98 Å². The van der Waals surface area contributed by atoms with Crippen molar-refractivity contribution < 1.29 is 9.63 Å². The summed E-state index contributed by atoms with van der Waals surface area (Å²) in [5.41, 5.74) is 4.80. The Morgan fingerprint density at radius 1 is 1.13 bits per heavy atom. The fourth-order valence-corrected chi connectivity index (χ4v) is 4.89. The molecule has 0 radical (unpaired) electrons. The molecule has 0 unspecified atom stereocenters. The van der Waals surface area contributed by atoms with E-state index in [1.165, 1.54) is 11.8 Å². The monoisotopic (exact) mass is 516 g/mol. The van der Waals surface area contributed by atoms with Gasteiger partial charge in [0.1, 0.15) is 7.11 Å². The molecule has 1 aromatic carbocycles. The van der Waals surface area contributed by atoms with Gasteiger partial charge in [-0.1, -0.05) is 32.0 Å². The van der Waals surface area contributed by atoms with Crippen LogP contribution in [-0.2, 0) is 7.05 Å². The molecule has 3 aromatic heterocycles. The molecule has 38 heavy (non-hydrogen) atoms. The summed E-state index contributed by atoms with van der Waals surface area (Å²) < 4.78 is 3.00. The van der Waals surface area contributed by atoms with Gasteiger partial charge in [0.2, 0.25) is 5.95 Å². The van der Waals surface area contributed by atoms with Crippen LogP contribution in [0.1, 0.15) is 48.3 Å². The van der Waals surface area contributed by atoms with Crippen LogP contribution in [0, 0.1) is 13.8 Å². The fraction of sp³-hybridized carbons (Fsp3) is 0.379. The first kappa shape index (κ1) is 27.1. The van der Waals surface area contributed by atoms with Crippen LogP contribution < -0.4 is 15.7 Å². The Balaban J connectivity index is 1.60. The molecule has 200 valence electrons. The highest BCUT2D eigenvalue weighted by Crippen LogP contribution is 2.27. The van der Waals surface area contributed by atoms with Crippen LogP contribution in [0.4, 0.5) is 11.6 Å². The van der Waals surface area contributed by atoms with Crippen LogP contribution in [0.15, 0.2) is 47.5 Å². The lowest BCUT2D eigenvalue weighted by Crippen LogP contribution is -2.27. The van der Waals surface area contributed by atoms with Gasteiger partial charge in [0.05, 0.1) is 16.9 Å². The van der Waals surface area contributed by atoms with Gasteiger partial charge in [-0.3, -0.25) is 9.59 Å². The molecule has 9 nitrogen and oxygen atoms in total. The molecule has 0 fully saturated rings. The van der Waals surface area contributed by atoms with Crippen molar-refractivity contribution in [3.05, 3.63) is 69.9 Å². The van der Waals surface area contributed by atoms with Gasteiger partial charge in [-0.25, -0.2) is 4.98 Å². The van der Waals surface area contributed by atoms with Crippen molar-refractivity contribution >= 4 is 28.5 Å². The molecule has 0 amide bonds. The first-order valence-electron chi connectivity index (χ1n) is 13.0. The van der Waals surface area contributed by atoms with Crippen molar-refractivity contribution in [2.75, 3.05) is 32.1 Å². The third-order valence-corrected chi connectivity index (χ3v) is 6.96. The number of benzene rings is 1. The number of aryl methyl sites for hydroxylation is 3. The number of carbonyl (C=O) groups is 1. The predicted octanol–water partition coefficient (Wildman–Crippen LogP) is 4.52. The second-order valence-corrected chi connectivity index (χ2v) is 9.48. The van der Waals surface area contributed by atoms with Crippen LogP contribution in [0.2, 0.25) is 0 Å². The standard InChI is InChI=1S/C29H36N6O3/c1-7-34(8-2)14-10-13-25(36)24-16-22(18-33(24)5)31-29-30-17-21-15-23(26-19(3)11-9-12-20(26)4)28(37)35(38-6)27(21)32-29/h9,11-12,15-18H,7-8,10,13-14H2,1-6H3,(H,30,31,32). The number of rotatable bonds is 11. The van der Waals surface area contributed by atoms with Gasteiger partial charge in [0, 0.05) is 31.2 Å². The number of carbonyl (C=O) groups excluding carboxylic acids is 1. The zero-order valence-electron chi connectivity index (χ0n) is 23.0. The van der Waals surface area contributed by atoms with E-state index in [0.717, 1.165) is 42.7 Å². The third-order valence-electron chi connectivity index (χ3n) is 6.96. The Labute approximate surface area is 223 Å². The summed E-state index contributed by atoms with van der Waals surface area (Å²) in [6.45, 7) is 11.1. The number of aromatic nitrogens is 4. The van der Waals surface area contributed by atoms with Gasteiger partial charge < -0.3 is 19.6 Å². The zero-order chi connectivity index (χ0) is 27.4. The maximum Gasteiger partial charge on any atom is 0.292 e. The molecule has 9 heteroatoms. The third kappa shape index (κ3) is 5.47. The maximum atomic E-state index is 13.4. The minimum absolute atomic E-state index is 0.0967. The molecule has 0 aliphatic carbocycles. The van der Waals surface area contributed by atoms with Crippen LogP contribution in [0.25, 0.3) is 22.2 Å². The Morgan fingerprint density at radius 3 is 2.50 bits per heavy atom. The van der Waals surface area contributed by atoms with Gasteiger partial charge >= 0.3 is 0 Å². The number of ketones is 1. The second-order valence-electron chi connectivity index (χ2n) is 9.48. The van der Waals surface area contributed by atoms with Crippen molar-refractivity contribution in [2.24, 2.45) is 7.05 Å². The van der Waals surface area contributed by atoms with E-state index in [9.17, 15) is 9.59 Å². The lowest BCUT2D eigenvalue weighted by molar-refractivity contribution is 0.0967. The number of nitrogens with zero attached hydrogens (tertiary/aromatic N) is 5. The molecule has 0 saturated heterocycles. The molecule has 0 bridgehead atoms. The van der Waals surface area contributed by atoms with E-state index < -0.39 is 0 Å². The summed E-state index contributed by atoms with van der Waals surface area (Å²) in [5, 5.41) is 3.84. The van der Waals surface area contributed by atoms with Crippen LogP contribution in [-0.4, -0.2) is 56.7 Å². The van der Waals surface area contributed by atoms with Gasteiger partial charge in [0.15, 0.2) is 11.4 Å². The summed E-state index contributed by atoms with van der Waals surface area (Å²) >= 11 is 0. The normalized spacial score (nSPS) is 11.3. The van der Waals surface area contributed by atoms with E-state index in [1.54, 1.807) is 12.3 Å². The number of hydrogen-bond donors (Lipinski definition) is 1. The van der Waals surface area contributed by atoms with E-state index in [2.05, 4.69) is 34.0 Å². The van der Waals surface area contributed by atoms with Gasteiger partial charge in [0.25, 0.3) is 5.56 Å². The highest BCUT2D eigenvalue weighted by atomic mass is 16.6. The van der Waals surface area contributed by atoms with Crippen molar-refractivity contribution in [3.63, 3.8) is 0 Å². The molecule has 0 aliphatic rings. The first-order chi connectivity index (χ1) is 18.3. The molecule has 4 rings (SSSR count). The molecule has 3 heterocycles. The zero-order valence-corrected chi connectivity index (χ0v) is 23.0. The van der Waals surface area contributed by atoms with E-state index in [4.69, 9.17) is 4.84 Å². The smallest absolute Gasteiger partial charge is 0.292 e. The molecular formula is C29H36N6O3. The minimum Gasteiger partial charge on any atom is -0.412 e.